The fourth-order valence-electron chi connectivity index (χ4n) is 5.98. The van der Waals surface area contributed by atoms with Crippen molar-refractivity contribution in [3.05, 3.63) is 85.1 Å². The molecule has 0 heterocycles. The lowest BCUT2D eigenvalue weighted by Crippen LogP contribution is -2.30. The van der Waals surface area contributed by atoms with Crippen LogP contribution in [0.3, 0.4) is 0 Å². The van der Waals surface area contributed by atoms with Gasteiger partial charge in [-0.25, -0.2) is 0 Å². The van der Waals surface area contributed by atoms with Gasteiger partial charge >= 0.3 is 17.9 Å². The number of hydrogen-bond acceptors (Lipinski definition) is 6. The third kappa shape index (κ3) is 43.6. The Morgan fingerprint density at radius 3 is 1.14 bits per heavy atom. The lowest BCUT2D eigenvalue weighted by molar-refractivity contribution is -0.167. The van der Waals surface area contributed by atoms with Gasteiger partial charge in [-0.15, -0.1) is 0 Å². The van der Waals surface area contributed by atoms with Gasteiger partial charge in [0.2, 0.25) is 0 Å². The first-order valence-corrected chi connectivity index (χ1v) is 23.2. The molecule has 0 saturated carbocycles. The Hall–Kier alpha value is -3.41. The van der Waals surface area contributed by atoms with Gasteiger partial charge in [-0.1, -0.05) is 209 Å². The largest absolute Gasteiger partial charge is 0.462 e. The topological polar surface area (TPSA) is 78.9 Å². The Labute approximate surface area is 350 Å². The quantitative estimate of drug-likeness (QED) is 0.0266. The average molecular weight is 793 g/mol. The van der Waals surface area contributed by atoms with Gasteiger partial charge < -0.3 is 14.2 Å². The summed E-state index contributed by atoms with van der Waals surface area (Å²) in [5, 5.41) is 0. The van der Waals surface area contributed by atoms with Crippen LogP contribution in [0.2, 0.25) is 0 Å². The molecule has 0 aliphatic carbocycles. The minimum atomic E-state index is -0.797. The third-order valence-corrected chi connectivity index (χ3v) is 9.51. The van der Waals surface area contributed by atoms with Crippen molar-refractivity contribution in [2.75, 3.05) is 13.2 Å². The van der Waals surface area contributed by atoms with Crippen LogP contribution in [0.4, 0.5) is 0 Å². The number of hydrogen-bond donors (Lipinski definition) is 0. The molecule has 6 heteroatoms. The van der Waals surface area contributed by atoms with Crippen molar-refractivity contribution in [1.29, 1.82) is 0 Å². The zero-order chi connectivity index (χ0) is 41.5. The van der Waals surface area contributed by atoms with Crippen LogP contribution in [0, 0.1) is 0 Å². The minimum absolute atomic E-state index is 0.0958. The van der Waals surface area contributed by atoms with Gasteiger partial charge in [-0.05, 0) is 57.8 Å². The van der Waals surface area contributed by atoms with Gasteiger partial charge in [0, 0.05) is 19.3 Å². The normalized spacial score (nSPS) is 12.8. The van der Waals surface area contributed by atoms with E-state index in [1.165, 1.54) is 64.2 Å². The van der Waals surface area contributed by atoms with Crippen molar-refractivity contribution >= 4 is 17.9 Å². The molecule has 1 unspecified atom stereocenters. The van der Waals surface area contributed by atoms with E-state index in [1.54, 1.807) is 0 Å². The van der Waals surface area contributed by atoms with E-state index in [9.17, 15) is 14.4 Å². The number of carbonyl (C=O) groups is 3. The van der Waals surface area contributed by atoms with Crippen LogP contribution in [-0.4, -0.2) is 37.2 Å². The van der Waals surface area contributed by atoms with Gasteiger partial charge in [0.05, 0.1) is 0 Å². The lowest BCUT2D eigenvalue weighted by Gasteiger charge is -2.18. The smallest absolute Gasteiger partial charge is 0.306 e. The maximum absolute atomic E-state index is 12.7. The number of ether oxygens (including phenoxy) is 3. The summed E-state index contributed by atoms with van der Waals surface area (Å²) in [6, 6.07) is 0. The van der Waals surface area contributed by atoms with E-state index >= 15 is 0 Å². The molecule has 6 nitrogen and oxygen atoms in total. The second-order valence-electron chi connectivity index (χ2n) is 15.1. The molecule has 0 saturated heterocycles. The molecular weight excluding hydrogens is 709 g/mol. The fraction of sp³-hybridized carbons (Fsp3) is 0.667. The third-order valence-electron chi connectivity index (χ3n) is 9.51. The van der Waals surface area contributed by atoms with E-state index in [0.29, 0.717) is 12.8 Å². The highest BCUT2D eigenvalue weighted by Crippen LogP contribution is 2.13. The number of rotatable bonds is 40. The highest BCUT2D eigenvalue weighted by Gasteiger charge is 2.19. The van der Waals surface area contributed by atoms with Crippen molar-refractivity contribution in [3.63, 3.8) is 0 Å². The Morgan fingerprint density at radius 1 is 0.351 bits per heavy atom. The summed E-state index contributed by atoms with van der Waals surface area (Å²) < 4.78 is 16.7. The van der Waals surface area contributed by atoms with Gasteiger partial charge in [-0.2, -0.15) is 0 Å². The molecule has 0 aliphatic heterocycles. The second kappa shape index (κ2) is 45.3. The van der Waals surface area contributed by atoms with Crippen LogP contribution in [0.5, 0.6) is 0 Å². The monoisotopic (exact) mass is 793 g/mol. The molecule has 0 aliphatic rings. The summed E-state index contributed by atoms with van der Waals surface area (Å²) in [7, 11) is 0. The predicted octanol–water partition coefficient (Wildman–Crippen LogP) is 14.9. The van der Waals surface area contributed by atoms with E-state index in [-0.39, 0.29) is 37.5 Å². The average Bonchev–Trinajstić information content (AvgIpc) is 3.21. The van der Waals surface area contributed by atoms with E-state index in [0.717, 1.165) is 96.3 Å². The van der Waals surface area contributed by atoms with Crippen molar-refractivity contribution in [1.82, 2.24) is 0 Å². The summed E-state index contributed by atoms with van der Waals surface area (Å²) in [5.74, 6) is -0.959. The number of allylic oxidation sites excluding steroid dienone is 14. The predicted molar refractivity (Wildman–Crippen MR) is 242 cm³/mol. The molecule has 0 N–H and O–H groups in total. The first-order valence-electron chi connectivity index (χ1n) is 23.2. The molecule has 0 radical (unpaired) electrons. The summed E-state index contributed by atoms with van der Waals surface area (Å²) in [6.45, 7) is 6.41. The molecule has 1 atom stereocenters. The molecule has 0 fully saturated rings. The van der Waals surface area contributed by atoms with Crippen LogP contribution in [-0.2, 0) is 28.6 Å². The van der Waals surface area contributed by atoms with Crippen LogP contribution in [0.25, 0.3) is 0 Å². The van der Waals surface area contributed by atoms with Gasteiger partial charge in [-0.3, -0.25) is 14.4 Å². The molecule has 0 aromatic rings. The summed E-state index contributed by atoms with van der Waals surface area (Å²) in [5.41, 5.74) is 0. The molecular formula is C51H84O6. The van der Waals surface area contributed by atoms with Crippen LogP contribution < -0.4 is 0 Å². The van der Waals surface area contributed by atoms with Crippen molar-refractivity contribution in [3.8, 4) is 0 Å². The molecule has 324 valence electrons. The Balaban J connectivity index is 4.44. The SMILES string of the molecule is CCC\C=C/C=C\C=C/C=C\C=C/CCCCCCCC(=O)OCC(COC(=O)CCCCCCCCCCCC)OC(=O)CCCCC/C=C\C=C/CCCC. The maximum Gasteiger partial charge on any atom is 0.306 e. The molecule has 0 amide bonds. The highest BCUT2D eigenvalue weighted by atomic mass is 16.6. The first kappa shape index (κ1) is 53.6. The molecule has 0 spiro atoms. The van der Waals surface area contributed by atoms with Crippen LogP contribution in [0.1, 0.15) is 201 Å². The molecule has 57 heavy (non-hydrogen) atoms. The highest BCUT2D eigenvalue weighted by molar-refractivity contribution is 5.71. The zero-order valence-corrected chi connectivity index (χ0v) is 36.8. The van der Waals surface area contributed by atoms with Gasteiger partial charge in [0.25, 0.3) is 0 Å². The van der Waals surface area contributed by atoms with E-state index in [2.05, 4.69) is 69.4 Å². The fourth-order valence-corrected chi connectivity index (χ4v) is 5.98. The van der Waals surface area contributed by atoms with E-state index in [4.69, 9.17) is 14.2 Å². The Bertz CT molecular complexity index is 1140. The minimum Gasteiger partial charge on any atom is -0.462 e. The summed E-state index contributed by atoms with van der Waals surface area (Å²) in [6.07, 6.45) is 57.0. The van der Waals surface area contributed by atoms with Crippen LogP contribution in [0.15, 0.2) is 85.1 Å². The summed E-state index contributed by atoms with van der Waals surface area (Å²) >= 11 is 0. The van der Waals surface area contributed by atoms with Crippen molar-refractivity contribution in [2.24, 2.45) is 0 Å². The molecule has 0 rings (SSSR count). The van der Waals surface area contributed by atoms with Crippen molar-refractivity contribution < 1.29 is 28.6 Å². The van der Waals surface area contributed by atoms with Gasteiger partial charge in [0.15, 0.2) is 6.10 Å². The van der Waals surface area contributed by atoms with E-state index in [1.807, 2.05) is 36.5 Å². The number of carbonyl (C=O) groups excluding carboxylic acids is 3. The second-order valence-corrected chi connectivity index (χ2v) is 15.1. The standard InChI is InChI=1S/C51H84O6/c1-4-7-10-13-16-19-22-23-24-25-26-27-28-30-32-35-38-41-44-50(53)56-47-48(46-55-49(52)43-40-37-34-31-21-18-15-12-9-6-3)57-51(54)45-42-39-36-33-29-20-17-14-11-8-5-2/h10,13-14,16-17,19-20,22-27,29,48H,4-9,11-12,15,18,21,28,30-47H2,1-3H3/b13-10-,17-14-,19-16-,23-22-,25-24-,27-26-,29-20-. The zero-order valence-electron chi connectivity index (χ0n) is 36.8. The van der Waals surface area contributed by atoms with E-state index < -0.39 is 6.10 Å². The Kier molecular flexibility index (Phi) is 42.6. The van der Waals surface area contributed by atoms with Crippen LogP contribution >= 0.6 is 0 Å². The molecule has 0 aromatic carbocycles. The van der Waals surface area contributed by atoms with Gasteiger partial charge in [0.1, 0.15) is 13.2 Å². The maximum atomic E-state index is 12.7. The summed E-state index contributed by atoms with van der Waals surface area (Å²) in [4.78, 5) is 37.7. The number of unbranched alkanes of at least 4 members (excludes halogenated alkanes) is 20. The molecule has 0 bridgehead atoms. The Morgan fingerprint density at radius 2 is 0.684 bits per heavy atom. The first-order chi connectivity index (χ1) is 28.0. The molecule has 0 aromatic heterocycles. The number of esters is 3. The lowest BCUT2D eigenvalue weighted by atomic mass is 10.1. The van der Waals surface area contributed by atoms with Crippen molar-refractivity contribution in [2.45, 2.75) is 207 Å².